The van der Waals surface area contributed by atoms with Gasteiger partial charge in [-0.2, -0.15) is 5.10 Å². The number of anilines is 1. The minimum absolute atomic E-state index is 0.0288. The van der Waals surface area contributed by atoms with Crippen molar-refractivity contribution in [2.45, 2.75) is 0 Å². The van der Waals surface area contributed by atoms with Crippen molar-refractivity contribution in [3.8, 4) is 5.82 Å². The van der Waals surface area contributed by atoms with E-state index in [4.69, 9.17) is 17.3 Å². The Labute approximate surface area is 100 Å². The first-order valence-electron chi connectivity index (χ1n) is 4.41. The van der Waals surface area contributed by atoms with E-state index in [2.05, 4.69) is 24.9 Å². The molecular formula is C8H7ClN6O2. The number of carbonyl (C=O) groups excluding carboxylic acids is 1. The van der Waals surface area contributed by atoms with Gasteiger partial charge in [0.2, 0.25) is 0 Å². The Morgan fingerprint density at radius 2 is 2.29 bits per heavy atom. The molecule has 0 aliphatic heterocycles. The number of nitrogens with two attached hydrogens (primary N) is 1. The van der Waals surface area contributed by atoms with Crippen molar-refractivity contribution in [2.75, 3.05) is 12.8 Å². The van der Waals surface area contributed by atoms with Crippen LogP contribution in [0.1, 0.15) is 10.5 Å². The average Bonchev–Trinajstić information content (AvgIpc) is 2.75. The van der Waals surface area contributed by atoms with Crippen LogP contribution in [0.15, 0.2) is 12.4 Å². The van der Waals surface area contributed by atoms with Crippen molar-refractivity contribution >= 4 is 23.4 Å². The van der Waals surface area contributed by atoms with Gasteiger partial charge in [0.25, 0.3) is 0 Å². The zero-order valence-corrected chi connectivity index (χ0v) is 9.42. The van der Waals surface area contributed by atoms with E-state index in [1.807, 2.05) is 0 Å². The first kappa shape index (κ1) is 11.3. The zero-order chi connectivity index (χ0) is 12.4. The van der Waals surface area contributed by atoms with Gasteiger partial charge >= 0.3 is 5.97 Å². The van der Waals surface area contributed by atoms with Crippen molar-refractivity contribution in [1.82, 2.24) is 25.0 Å². The highest BCUT2D eigenvalue weighted by atomic mass is 35.5. The topological polar surface area (TPSA) is 109 Å². The highest BCUT2D eigenvalue weighted by Gasteiger charge is 2.15. The summed E-state index contributed by atoms with van der Waals surface area (Å²) in [6.07, 6.45) is 2.65. The molecule has 88 valence electrons. The second-order valence-electron chi connectivity index (χ2n) is 2.91. The minimum atomic E-state index is -0.685. The van der Waals surface area contributed by atoms with Gasteiger partial charge in [0.1, 0.15) is 0 Å². The SMILES string of the molecule is COC(=O)c1nc(-n2ncc(Cl)n2)cnc1N. The van der Waals surface area contributed by atoms with Crippen molar-refractivity contribution in [2.24, 2.45) is 0 Å². The van der Waals surface area contributed by atoms with Gasteiger partial charge in [-0.15, -0.1) is 9.90 Å². The lowest BCUT2D eigenvalue weighted by Gasteiger charge is -2.03. The number of ether oxygens (including phenoxy) is 1. The van der Waals surface area contributed by atoms with Gasteiger partial charge in [-0.25, -0.2) is 14.8 Å². The predicted octanol–water partition coefficient (Wildman–Crippen LogP) is 0.0795. The Morgan fingerprint density at radius 3 is 2.88 bits per heavy atom. The number of nitrogen functional groups attached to an aromatic ring is 1. The molecule has 0 atom stereocenters. The standard InChI is InChI=1S/C8H7ClN6O2/c1-17-8(16)6-7(10)11-3-5(13-6)15-12-2-4(9)14-15/h2-3H,1H3,(H2,10,11). The van der Waals surface area contributed by atoms with E-state index >= 15 is 0 Å². The van der Waals surface area contributed by atoms with E-state index in [9.17, 15) is 4.79 Å². The van der Waals surface area contributed by atoms with Crippen LogP contribution in [0.4, 0.5) is 5.82 Å². The Kier molecular flexibility index (Phi) is 2.88. The van der Waals surface area contributed by atoms with Crippen molar-refractivity contribution in [3.63, 3.8) is 0 Å². The first-order valence-corrected chi connectivity index (χ1v) is 4.78. The number of carbonyl (C=O) groups is 1. The highest BCUT2D eigenvalue weighted by molar-refractivity contribution is 6.29. The fraction of sp³-hybridized carbons (Fsp3) is 0.125. The lowest BCUT2D eigenvalue weighted by molar-refractivity contribution is 0.0595. The Hall–Kier alpha value is -2.22. The summed E-state index contributed by atoms with van der Waals surface area (Å²) in [6, 6.07) is 0. The molecule has 0 bridgehead atoms. The number of hydrogen-bond acceptors (Lipinski definition) is 7. The van der Waals surface area contributed by atoms with Gasteiger partial charge in [0, 0.05) is 0 Å². The summed E-state index contributed by atoms with van der Waals surface area (Å²) >= 11 is 5.61. The van der Waals surface area contributed by atoms with Gasteiger partial charge < -0.3 is 10.5 Å². The third kappa shape index (κ3) is 2.16. The number of aromatic nitrogens is 5. The summed E-state index contributed by atoms with van der Waals surface area (Å²) in [7, 11) is 1.22. The molecule has 0 aliphatic rings. The number of methoxy groups -OCH3 is 1. The molecule has 17 heavy (non-hydrogen) atoms. The third-order valence-electron chi connectivity index (χ3n) is 1.84. The van der Waals surface area contributed by atoms with Crippen LogP contribution in [-0.2, 0) is 4.74 Å². The monoisotopic (exact) mass is 254 g/mol. The fourth-order valence-corrected chi connectivity index (χ4v) is 1.20. The van der Waals surface area contributed by atoms with Gasteiger partial charge in [-0.3, -0.25) is 0 Å². The Bertz CT molecular complexity index is 569. The molecular weight excluding hydrogens is 248 g/mol. The fourth-order valence-electron chi connectivity index (χ4n) is 1.09. The lowest BCUT2D eigenvalue weighted by atomic mass is 10.4. The number of esters is 1. The highest BCUT2D eigenvalue weighted by Crippen LogP contribution is 2.10. The van der Waals surface area contributed by atoms with Crippen LogP contribution >= 0.6 is 11.6 Å². The van der Waals surface area contributed by atoms with Gasteiger partial charge in [0.05, 0.1) is 19.5 Å². The molecule has 0 spiro atoms. The molecule has 2 heterocycles. The number of hydrogen-bond donors (Lipinski definition) is 1. The molecule has 2 aromatic rings. The lowest BCUT2D eigenvalue weighted by Crippen LogP contribution is -2.13. The van der Waals surface area contributed by atoms with E-state index in [0.717, 1.165) is 4.80 Å². The summed E-state index contributed by atoms with van der Waals surface area (Å²) in [6.45, 7) is 0. The molecule has 8 nitrogen and oxygen atoms in total. The number of rotatable bonds is 2. The van der Waals surface area contributed by atoms with Crippen LogP contribution in [0.3, 0.4) is 0 Å². The first-order chi connectivity index (χ1) is 8.11. The van der Waals surface area contributed by atoms with E-state index < -0.39 is 5.97 Å². The predicted molar refractivity (Wildman–Crippen MR) is 57.7 cm³/mol. The maximum absolute atomic E-state index is 11.3. The van der Waals surface area contributed by atoms with Crippen LogP contribution in [0.5, 0.6) is 0 Å². The molecule has 0 aromatic carbocycles. The maximum atomic E-state index is 11.3. The maximum Gasteiger partial charge on any atom is 0.360 e. The molecule has 0 saturated heterocycles. The van der Waals surface area contributed by atoms with Gasteiger partial charge in [-0.1, -0.05) is 11.6 Å². The summed E-state index contributed by atoms with van der Waals surface area (Å²) in [5.74, 6) is -0.500. The molecule has 0 aliphatic carbocycles. The molecule has 0 unspecified atom stereocenters. The summed E-state index contributed by atoms with van der Waals surface area (Å²) < 4.78 is 4.52. The normalized spacial score (nSPS) is 10.2. The van der Waals surface area contributed by atoms with Gasteiger partial charge in [0.15, 0.2) is 22.5 Å². The smallest absolute Gasteiger partial charge is 0.360 e. The van der Waals surface area contributed by atoms with Crippen LogP contribution in [0.25, 0.3) is 5.82 Å². The summed E-state index contributed by atoms with van der Waals surface area (Å²) in [4.78, 5) is 20.2. The Balaban J connectivity index is 2.47. The second kappa shape index (κ2) is 4.34. The molecule has 0 fully saturated rings. The third-order valence-corrected chi connectivity index (χ3v) is 2.01. The largest absolute Gasteiger partial charge is 0.464 e. The summed E-state index contributed by atoms with van der Waals surface area (Å²) in [5, 5.41) is 7.83. The molecule has 2 aromatic heterocycles. The van der Waals surface area contributed by atoms with Crippen LogP contribution < -0.4 is 5.73 Å². The van der Waals surface area contributed by atoms with Crippen molar-refractivity contribution < 1.29 is 9.53 Å². The number of halogens is 1. The van der Waals surface area contributed by atoms with E-state index in [-0.39, 0.29) is 22.5 Å². The molecule has 0 radical (unpaired) electrons. The average molecular weight is 255 g/mol. The number of nitrogens with zero attached hydrogens (tertiary/aromatic N) is 5. The molecule has 0 amide bonds. The van der Waals surface area contributed by atoms with Crippen molar-refractivity contribution in [1.29, 1.82) is 0 Å². The van der Waals surface area contributed by atoms with Gasteiger partial charge in [-0.05, 0) is 0 Å². The van der Waals surface area contributed by atoms with E-state index in [1.165, 1.54) is 19.5 Å². The zero-order valence-electron chi connectivity index (χ0n) is 8.66. The van der Waals surface area contributed by atoms with Crippen LogP contribution in [0, 0.1) is 0 Å². The molecule has 2 N–H and O–H groups in total. The van der Waals surface area contributed by atoms with Crippen LogP contribution in [0.2, 0.25) is 5.15 Å². The Morgan fingerprint density at radius 1 is 1.53 bits per heavy atom. The van der Waals surface area contributed by atoms with E-state index in [1.54, 1.807) is 0 Å². The summed E-state index contributed by atoms with van der Waals surface area (Å²) in [5.41, 5.74) is 5.40. The molecule has 9 heteroatoms. The van der Waals surface area contributed by atoms with E-state index in [0.29, 0.717) is 0 Å². The molecule has 2 rings (SSSR count). The second-order valence-corrected chi connectivity index (χ2v) is 3.30. The van der Waals surface area contributed by atoms with Crippen LogP contribution in [-0.4, -0.2) is 38.0 Å². The van der Waals surface area contributed by atoms with Crippen molar-refractivity contribution in [3.05, 3.63) is 23.2 Å². The minimum Gasteiger partial charge on any atom is -0.464 e. The quantitative estimate of drug-likeness (QED) is 0.756. The molecule has 0 saturated carbocycles.